The maximum Gasteiger partial charge on any atom is 0.0202 e. The predicted molar refractivity (Wildman–Crippen MR) is 79.1 cm³/mol. The van der Waals surface area contributed by atoms with E-state index in [2.05, 4.69) is 32.6 Å². The fourth-order valence-corrected chi connectivity index (χ4v) is 2.15. The molecule has 0 aromatic carbocycles. The minimum absolute atomic E-state index is 0.678. The standard InChI is InChI=1S/C17H32/c1-4-7-9-10-11-13-16-17(14-6-3)15-12-8-5-2/h17H,4-11,13-14,16H2,1-3H3. The summed E-state index contributed by atoms with van der Waals surface area (Å²) < 4.78 is 0. The third-order valence-corrected chi connectivity index (χ3v) is 3.22. The third-order valence-electron chi connectivity index (χ3n) is 3.22. The Morgan fingerprint density at radius 3 is 2.06 bits per heavy atom. The molecule has 1 atom stereocenters. The van der Waals surface area contributed by atoms with Crippen LogP contribution in [-0.2, 0) is 0 Å². The molecule has 0 heterocycles. The van der Waals surface area contributed by atoms with Gasteiger partial charge in [-0.25, -0.2) is 0 Å². The van der Waals surface area contributed by atoms with Gasteiger partial charge in [-0.2, -0.15) is 0 Å². The van der Waals surface area contributed by atoms with Gasteiger partial charge in [-0.3, -0.25) is 0 Å². The fraction of sp³-hybridized carbons (Fsp3) is 0.882. The van der Waals surface area contributed by atoms with Crippen LogP contribution in [0.4, 0.5) is 0 Å². The summed E-state index contributed by atoms with van der Waals surface area (Å²) in [7, 11) is 0. The van der Waals surface area contributed by atoms with E-state index in [1.54, 1.807) is 0 Å². The van der Waals surface area contributed by atoms with E-state index in [1.165, 1.54) is 64.2 Å². The monoisotopic (exact) mass is 236 g/mol. The first kappa shape index (κ1) is 16.6. The summed E-state index contributed by atoms with van der Waals surface area (Å²) in [6.07, 6.45) is 14.6. The van der Waals surface area contributed by atoms with Crippen molar-refractivity contribution in [1.82, 2.24) is 0 Å². The van der Waals surface area contributed by atoms with Crippen molar-refractivity contribution in [1.29, 1.82) is 0 Å². The van der Waals surface area contributed by atoms with E-state index in [-0.39, 0.29) is 0 Å². The largest absolute Gasteiger partial charge is 0.103 e. The Balaban J connectivity index is 3.59. The minimum Gasteiger partial charge on any atom is -0.103 e. The maximum absolute atomic E-state index is 3.47. The summed E-state index contributed by atoms with van der Waals surface area (Å²) in [6.45, 7) is 6.76. The van der Waals surface area contributed by atoms with Crippen LogP contribution in [0.15, 0.2) is 0 Å². The van der Waals surface area contributed by atoms with Crippen LogP contribution < -0.4 is 0 Å². The first-order chi connectivity index (χ1) is 8.35. The normalized spacial score (nSPS) is 11.9. The number of hydrogen-bond acceptors (Lipinski definition) is 0. The van der Waals surface area contributed by atoms with Crippen molar-refractivity contribution in [3.8, 4) is 11.8 Å². The van der Waals surface area contributed by atoms with Crippen LogP contribution in [-0.4, -0.2) is 0 Å². The minimum atomic E-state index is 0.678. The molecular weight excluding hydrogens is 204 g/mol. The van der Waals surface area contributed by atoms with E-state index in [0.29, 0.717) is 5.92 Å². The van der Waals surface area contributed by atoms with Crippen LogP contribution >= 0.6 is 0 Å². The van der Waals surface area contributed by atoms with Crippen molar-refractivity contribution >= 4 is 0 Å². The molecule has 0 aromatic heterocycles. The second kappa shape index (κ2) is 13.6. The van der Waals surface area contributed by atoms with Gasteiger partial charge < -0.3 is 0 Å². The molecule has 0 saturated carbocycles. The van der Waals surface area contributed by atoms with Gasteiger partial charge in [-0.15, -0.1) is 5.92 Å². The van der Waals surface area contributed by atoms with Crippen LogP contribution in [0.3, 0.4) is 0 Å². The number of unbranched alkanes of at least 4 members (excludes halogenated alkanes) is 6. The lowest BCUT2D eigenvalue weighted by molar-refractivity contribution is 0.500. The highest BCUT2D eigenvalue weighted by Gasteiger charge is 2.03. The topological polar surface area (TPSA) is 0 Å². The second-order valence-corrected chi connectivity index (χ2v) is 5.11. The van der Waals surface area contributed by atoms with Gasteiger partial charge >= 0.3 is 0 Å². The molecule has 0 aliphatic carbocycles. The Hall–Kier alpha value is -0.440. The smallest absolute Gasteiger partial charge is 0.0202 e. The highest BCUT2D eigenvalue weighted by Crippen LogP contribution is 2.16. The zero-order valence-electron chi connectivity index (χ0n) is 12.4. The maximum atomic E-state index is 3.47. The number of hydrogen-bond donors (Lipinski definition) is 0. The van der Waals surface area contributed by atoms with Crippen LogP contribution in [0.25, 0.3) is 0 Å². The van der Waals surface area contributed by atoms with Gasteiger partial charge in [0.1, 0.15) is 0 Å². The van der Waals surface area contributed by atoms with Gasteiger partial charge in [0, 0.05) is 12.3 Å². The molecule has 17 heavy (non-hydrogen) atoms. The van der Waals surface area contributed by atoms with E-state index < -0.39 is 0 Å². The summed E-state index contributed by atoms with van der Waals surface area (Å²) in [5, 5.41) is 0. The lowest BCUT2D eigenvalue weighted by Crippen LogP contribution is -1.97. The van der Waals surface area contributed by atoms with Gasteiger partial charge in [0.15, 0.2) is 0 Å². The number of rotatable bonds is 10. The Labute approximate surface area is 110 Å². The van der Waals surface area contributed by atoms with Gasteiger partial charge in [0.2, 0.25) is 0 Å². The quantitative estimate of drug-likeness (QED) is 0.324. The molecule has 0 radical (unpaired) electrons. The van der Waals surface area contributed by atoms with Crippen molar-refractivity contribution < 1.29 is 0 Å². The molecule has 0 aromatic rings. The molecule has 0 bridgehead atoms. The fourth-order valence-electron chi connectivity index (χ4n) is 2.15. The molecule has 0 N–H and O–H groups in total. The average molecular weight is 236 g/mol. The van der Waals surface area contributed by atoms with E-state index in [9.17, 15) is 0 Å². The summed E-state index contributed by atoms with van der Waals surface area (Å²) in [6, 6.07) is 0. The van der Waals surface area contributed by atoms with Crippen molar-refractivity contribution in [2.75, 3.05) is 0 Å². The summed E-state index contributed by atoms with van der Waals surface area (Å²) in [5.41, 5.74) is 0. The van der Waals surface area contributed by atoms with E-state index in [1.807, 2.05) is 0 Å². The molecule has 0 aliphatic heterocycles. The Kier molecular flexibility index (Phi) is 13.3. The van der Waals surface area contributed by atoms with E-state index in [0.717, 1.165) is 6.42 Å². The van der Waals surface area contributed by atoms with Crippen molar-refractivity contribution in [2.24, 2.45) is 5.92 Å². The van der Waals surface area contributed by atoms with Gasteiger partial charge in [0.05, 0.1) is 0 Å². The Morgan fingerprint density at radius 1 is 0.706 bits per heavy atom. The molecule has 0 rings (SSSR count). The Morgan fingerprint density at radius 2 is 1.41 bits per heavy atom. The molecule has 0 spiro atoms. The zero-order chi connectivity index (χ0) is 12.8. The van der Waals surface area contributed by atoms with E-state index >= 15 is 0 Å². The summed E-state index contributed by atoms with van der Waals surface area (Å²) in [5.74, 6) is 7.48. The highest BCUT2D eigenvalue weighted by molar-refractivity contribution is 5.03. The molecular formula is C17H32. The molecule has 0 amide bonds. The molecule has 1 unspecified atom stereocenters. The Bertz CT molecular complexity index is 194. The average Bonchev–Trinajstić information content (AvgIpc) is 2.34. The summed E-state index contributed by atoms with van der Waals surface area (Å²) >= 11 is 0. The van der Waals surface area contributed by atoms with Crippen LogP contribution in [0.5, 0.6) is 0 Å². The van der Waals surface area contributed by atoms with Gasteiger partial charge in [-0.05, 0) is 19.3 Å². The lowest BCUT2D eigenvalue weighted by atomic mass is 9.96. The van der Waals surface area contributed by atoms with Crippen LogP contribution in [0, 0.1) is 17.8 Å². The molecule has 100 valence electrons. The van der Waals surface area contributed by atoms with Gasteiger partial charge in [0.25, 0.3) is 0 Å². The molecule has 0 nitrogen and oxygen atoms in total. The van der Waals surface area contributed by atoms with Crippen molar-refractivity contribution in [2.45, 2.75) is 91.4 Å². The second-order valence-electron chi connectivity index (χ2n) is 5.11. The zero-order valence-corrected chi connectivity index (χ0v) is 12.4. The van der Waals surface area contributed by atoms with Crippen molar-refractivity contribution in [3.05, 3.63) is 0 Å². The van der Waals surface area contributed by atoms with Crippen LogP contribution in [0.1, 0.15) is 91.4 Å². The van der Waals surface area contributed by atoms with Gasteiger partial charge in [-0.1, -0.05) is 71.6 Å². The molecule has 0 aliphatic rings. The first-order valence-electron chi connectivity index (χ1n) is 7.83. The molecule has 0 fully saturated rings. The predicted octanol–water partition coefficient (Wildman–Crippen LogP) is 5.96. The van der Waals surface area contributed by atoms with Crippen molar-refractivity contribution in [3.63, 3.8) is 0 Å². The molecule has 0 heteroatoms. The lowest BCUT2D eigenvalue weighted by Gasteiger charge is -2.08. The molecule has 0 saturated heterocycles. The SMILES string of the molecule is CCCC#CC(CCC)CCCCCCCC. The third kappa shape index (κ3) is 11.8. The van der Waals surface area contributed by atoms with Crippen LogP contribution in [0.2, 0.25) is 0 Å². The highest BCUT2D eigenvalue weighted by atomic mass is 14.1. The summed E-state index contributed by atoms with van der Waals surface area (Å²) in [4.78, 5) is 0. The first-order valence-corrected chi connectivity index (χ1v) is 7.83. The van der Waals surface area contributed by atoms with E-state index in [4.69, 9.17) is 0 Å².